The number of aromatic hydroxyl groups is 1. The lowest BCUT2D eigenvalue weighted by Crippen LogP contribution is -2.26. The van der Waals surface area contributed by atoms with E-state index < -0.39 is 28.2 Å². The number of hydrogen-bond acceptors (Lipinski definition) is 7. The summed E-state index contributed by atoms with van der Waals surface area (Å²) in [6, 6.07) is 6.62. The molecule has 3 aromatic rings. The molecule has 0 amide bonds. The smallest absolute Gasteiger partial charge is 0.296 e. The third kappa shape index (κ3) is 2.75. The molecule has 0 saturated carbocycles. The lowest BCUT2D eigenvalue weighted by Gasteiger charge is -2.09. The van der Waals surface area contributed by atoms with E-state index in [2.05, 4.69) is 15.3 Å². The van der Waals surface area contributed by atoms with Crippen LogP contribution in [0.4, 0.5) is 0 Å². The number of carbonyl (C=O) groups is 1. The highest BCUT2D eigenvalue weighted by Crippen LogP contribution is 2.25. The largest absolute Gasteiger partial charge is 0.506 e. The molecule has 2 heterocycles. The van der Waals surface area contributed by atoms with Crippen molar-refractivity contribution in [1.29, 1.82) is 0 Å². The van der Waals surface area contributed by atoms with Crippen LogP contribution in [0.25, 0.3) is 10.9 Å². The number of nitrogens with one attached hydrogen (secondary N) is 1. The number of benzene rings is 1. The van der Waals surface area contributed by atoms with Crippen molar-refractivity contribution < 1.29 is 9.90 Å². The van der Waals surface area contributed by atoms with Gasteiger partial charge in [-0.25, -0.2) is 0 Å². The molecule has 0 bridgehead atoms. The molecular weight excluding hydrogens is 358 g/mol. The Bertz CT molecular complexity index is 1250. The molecule has 2 N–H and O–H groups in total. The molecule has 0 saturated heterocycles. The fourth-order valence-electron chi connectivity index (χ4n) is 2.45. The summed E-state index contributed by atoms with van der Waals surface area (Å²) in [5.74, 6) is -1.30. The predicted octanol–water partition coefficient (Wildman–Crippen LogP) is 0.884. The van der Waals surface area contributed by atoms with E-state index in [9.17, 15) is 19.5 Å². The molecule has 2 aromatic heterocycles. The second kappa shape index (κ2) is 6.48. The molecular formula is C16H13N5O4S. The molecule has 10 heteroatoms. The van der Waals surface area contributed by atoms with Crippen LogP contribution in [0.2, 0.25) is 0 Å². The summed E-state index contributed by atoms with van der Waals surface area (Å²) in [6.07, 6.45) is 0.760. The van der Waals surface area contributed by atoms with Crippen molar-refractivity contribution in [2.75, 3.05) is 0 Å². The second-order valence-electron chi connectivity index (χ2n) is 5.44. The van der Waals surface area contributed by atoms with Crippen LogP contribution in [0.1, 0.15) is 16.1 Å². The highest BCUT2D eigenvalue weighted by atomic mass is 32.1. The SMILES string of the molecule is Cc1n[nH]c(=S)n(/N=C/C(=O)c2c(O)c3ccccc3n(C)c2=O)c1=O. The summed E-state index contributed by atoms with van der Waals surface area (Å²) in [7, 11) is 1.49. The normalized spacial score (nSPS) is 11.3. The van der Waals surface area contributed by atoms with Gasteiger partial charge >= 0.3 is 0 Å². The molecule has 0 unspecified atom stereocenters. The van der Waals surface area contributed by atoms with Gasteiger partial charge < -0.3 is 9.67 Å². The van der Waals surface area contributed by atoms with Crippen molar-refractivity contribution in [2.24, 2.45) is 12.1 Å². The van der Waals surface area contributed by atoms with Crippen molar-refractivity contribution in [2.45, 2.75) is 6.92 Å². The van der Waals surface area contributed by atoms with Crippen molar-refractivity contribution in [1.82, 2.24) is 19.4 Å². The maximum absolute atomic E-state index is 12.5. The number of pyridine rings is 1. The number of fused-ring (bicyclic) bond motifs is 1. The Kier molecular flexibility index (Phi) is 4.34. The number of H-pyrrole nitrogens is 1. The molecule has 0 aliphatic carbocycles. The molecule has 0 radical (unpaired) electrons. The van der Waals surface area contributed by atoms with Gasteiger partial charge in [-0.2, -0.15) is 14.9 Å². The predicted molar refractivity (Wildman–Crippen MR) is 97.5 cm³/mol. The van der Waals surface area contributed by atoms with Crippen LogP contribution in [0.3, 0.4) is 0 Å². The van der Waals surface area contributed by atoms with Crippen LogP contribution in [0.15, 0.2) is 39.0 Å². The molecule has 132 valence electrons. The van der Waals surface area contributed by atoms with Gasteiger partial charge in [0.1, 0.15) is 17.0 Å². The molecule has 0 fully saturated rings. The lowest BCUT2D eigenvalue weighted by molar-refractivity contribution is 0.106. The minimum atomic E-state index is -0.857. The molecule has 9 nitrogen and oxygen atoms in total. The average Bonchev–Trinajstić information content (AvgIpc) is 2.63. The van der Waals surface area contributed by atoms with Crippen molar-refractivity contribution in [3.63, 3.8) is 0 Å². The fourth-order valence-corrected chi connectivity index (χ4v) is 2.63. The summed E-state index contributed by atoms with van der Waals surface area (Å²) < 4.78 is 1.92. The highest BCUT2D eigenvalue weighted by molar-refractivity contribution is 7.71. The highest BCUT2D eigenvalue weighted by Gasteiger charge is 2.19. The van der Waals surface area contributed by atoms with Crippen LogP contribution in [-0.4, -0.2) is 36.5 Å². The molecule has 1 aromatic carbocycles. The summed E-state index contributed by atoms with van der Waals surface area (Å²) in [4.78, 5) is 36.9. The van der Waals surface area contributed by atoms with Gasteiger partial charge in [-0.1, -0.05) is 12.1 Å². The zero-order valence-electron chi connectivity index (χ0n) is 13.8. The van der Waals surface area contributed by atoms with E-state index in [1.54, 1.807) is 24.3 Å². The molecule has 0 aliphatic heterocycles. The summed E-state index contributed by atoms with van der Waals surface area (Å²) in [5, 5.41) is 20.6. The van der Waals surface area contributed by atoms with Gasteiger partial charge in [0.25, 0.3) is 11.1 Å². The van der Waals surface area contributed by atoms with Gasteiger partial charge in [-0.05, 0) is 31.3 Å². The van der Waals surface area contributed by atoms with E-state index in [0.29, 0.717) is 10.9 Å². The van der Waals surface area contributed by atoms with E-state index in [4.69, 9.17) is 12.2 Å². The zero-order chi connectivity index (χ0) is 19.0. The van der Waals surface area contributed by atoms with E-state index in [1.807, 2.05) is 0 Å². The number of rotatable bonds is 3. The third-order valence-corrected chi connectivity index (χ3v) is 4.09. The Balaban J connectivity index is 2.16. The number of aromatic amines is 1. The number of hydrogen-bond donors (Lipinski definition) is 2. The average molecular weight is 371 g/mol. The van der Waals surface area contributed by atoms with Gasteiger partial charge in [0.2, 0.25) is 10.6 Å². The van der Waals surface area contributed by atoms with Gasteiger partial charge in [0.15, 0.2) is 0 Å². The molecule has 0 spiro atoms. The molecule has 0 atom stereocenters. The first-order valence-electron chi connectivity index (χ1n) is 7.40. The van der Waals surface area contributed by atoms with Gasteiger partial charge in [0.05, 0.1) is 11.7 Å². The standard InChI is InChI=1S/C16H13N5O4S/c1-8-14(24)21(16(26)19-18-8)17-7-11(22)12-13(23)9-5-3-4-6-10(9)20(2)15(12)25/h3-7,23H,1-2H3,(H,19,26)/b17-7+. The second-order valence-corrected chi connectivity index (χ2v) is 5.83. The number of aromatic nitrogens is 4. The minimum Gasteiger partial charge on any atom is -0.506 e. The monoisotopic (exact) mass is 371 g/mol. The Morgan fingerprint density at radius 3 is 2.73 bits per heavy atom. The van der Waals surface area contributed by atoms with Crippen LogP contribution in [0, 0.1) is 11.7 Å². The van der Waals surface area contributed by atoms with Crippen LogP contribution in [-0.2, 0) is 7.05 Å². The van der Waals surface area contributed by atoms with E-state index in [-0.39, 0.29) is 10.5 Å². The van der Waals surface area contributed by atoms with E-state index >= 15 is 0 Å². The first-order valence-corrected chi connectivity index (χ1v) is 7.81. The fraction of sp³-hybridized carbons (Fsp3) is 0.125. The number of carbonyl (C=O) groups excluding carboxylic acids is 1. The van der Waals surface area contributed by atoms with Crippen molar-refractivity contribution >= 4 is 35.1 Å². The quantitative estimate of drug-likeness (QED) is 0.400. The summed E-state index contributed by atoms with van der Waals surface area (Å²) >= 11 is 4.91. The Hall–Kier alpha value is -3.40. The van der Waals surface area contributed by atoms with Gasteiger partial charge in [0, 0.05) is 12.4 Å². The zero-order valence-corrected chi connectivity index (χ0v) is 14.6. The molecule has 0 aliphatic rings. The maximum atomic E-state index is 12.5. The first-order chi connectivity index (χ1) is 12.3. The Labute approximate surface area is 150 Å². The van der Waals surface area contributed by atoms with Gasteiger partial charge in [-0.15, -0.1) is 0 Å². The number of para-hydroxylation sites is 1. The molecule has 3 rings (SSSR count). The van der Waals surface area contributed by atoms with E-state index in [0.717, 1.165) is 10.9 Å². The Morgan fingerprint density at radius 2 is 2.00 bits per heavy atom. The van der Waals surface area contributed by atoms with Crippen LogP contribution >= 0.6 is 12.2 Å². The number of ketones is 1. The number of Topliss-reactive ketones (excluding diaryl/α,β-unsaturated/α-hetero) is 1. The topological polar surface area (TPSA) is 122 Å². The summed E-state index contributed by atoms with van der Waals surface area (Å²) in [5.41, 5.74) is -1.14. The van der Waals surface area contributed by atoms with Gasteiger partial charge in [-0.3, -0.25) is 19.5 Å². The number of nitrogens with zero attached hydrogens (tertiary/aromatic N) is 4. The van der Waals surface area contributed by atoms with Crippen molar-refractivity contribution in [3.8, 4) is 5.75 Å². The van der Waals surface area contributed by atoms with Crippen LogP contribution < -0.4 is 11.1 Å². The lowest BCUT2D eigenvalue weighted by atomic mass is 10.1. The minimum absolute atomic E-state index is 0.104. The number of aryl methyl sites for hydroxylation is 2. The maximum Gasteiger partial charge on any atom is 0.296 e. The van der Waals surface area contributed by atoms with E-state index in [1.165, 1.54) is 18.5 Å². The third-order valence-electron chi connectivity index (χ3n) is 3.83. The molecule has 26 heavy (non-hydrogen) atoms. The Morgan fingerprint density at radius 1 is 1.31 bits per heavy atom. The summed E-state index contributed by atoms with van der Waals surface area (Å²) in [6.45, 7) is 1.45. The first kappa shape index (κ1) is 17.4. The van der Waals surface area contributed by atoms with Crippen LogP contribution in [0.5, 0.6) is 5.75 Å². The van der Waals surface area contributed by atoms with Crippen molar-refractivity contribution in [3.05, 3.63) is 61.0 Å².